The summed E-state index contributed by atoms with van der Waals surface area (Å²) in [5.74, 6) is 0.881. The Morgan fingerprint density at radius 2 is 2.36 bits per heavy atom. The quantitative estimate of drug-likeness (QED) is 0.475. The molecule has 2 unspecified atom stereocenters. The number of hydrogen-bond donors (Lipinski definition) is 0. The van der Waals surface area contributed by atoms with E-state index in [1.165, 1.54) is 19.4 Å². The van der Waals surface area contributed by atoms with Gasteiger partial charge in [-0.3, -0.25) is 0 Å². The van der Waals surface area contributed by atoms with Crippen LogP contribution in [0.2, 0.25) is 5.82 Å². The summed E-state index contributed by atoms with van der Waals surface area (Å²) in [6.07, 6.45) is 2.64. The van der Waals surface area contributed by atoms with Crippen molar-refractivity contribution < 1.29 is 4.74 Å². The molecule has 11 heavy (non-hydrogen) atoms. The van der Waals surface area contributed by atoms with E-state index in [9.17, 15) is 0 Å². The number of rotatable bonds is 2. The van der Waals surface area contributed by atoms with Gasteiger partial charge in [-0.1, -0.05) is 5.82 Å². The fraction of sp³-hybridized carbons (Fsp3) is 1.00. The second-order valence-corrected chi connectivity index (χ2v) is 3.72. The van der Waals surface area contributed by atoms with Crippen molar-refractivity contribution in [3.63, 3.8) is 0 Å². The maximum Gasteiger partial charge on any atom is 0.185 e. The molecule has 1 saturated heterocycles. The Bertz CT molecular complexity index is 123. The molecule has 0 aromatic carbocycles. The largest absolute Gasteiger partial charge is 0.383 e. The lowest BCUT2D eigenvalue weighted by atomic mass is 9.76. The van der Waals surface area contributed by atoms with Gasteiger partial charge in [-0.25, -0.2) is 0 Å². The Labute approximate surface area is 71.1 Å². The van der Waals surface area contributed by atoms with Crippen molar-refractivity contribution in [2.75, 3.05) is 20.3 Å². The summed E-state index contributed by atoms with van der Waals surface area (Å²) in [5.41, 5.74) is 0. The van der Waals surface area contributed by atoms with Gasteiger partial charge in [0.25, 0.3) is 0 Å². The van der Waals surface area contributed by atoms with E-state index < -0.39 is 0 Å². The molecule has 1 heterocycles. The standard InChI is InChI=1S/C7H17B2NO/c1-11-5-7-4-6(8)2-3-10(7)9/h6-7H,2-5,8-9H2,1H3. The molecule has 0 spiro atoms. The smallest absolute Gasteiger partial charge is 0.185 e. The van der Waals surface area contributed by atoms with Crippen LogP contribution in [0.3, 0.4) is 0 Å². The number of ether oxygens (including phenoxy) is 1. The Kier molecular flexibility index (Phi) is 3.46. The Hall–Kier alpha value is 0.0499. The lowest BCUT2D eigenvalue weighted by Crippen LogP contribution is -2.42. The molecule has 1 fully saturated rings. The molecule has 0 bridgehead atoms. The SMILES string of the molecule is BC1CCN(B)C(COC)C1. The number of piperidine rings is 1. The average Bonchev–Trinajstić information content (AvgIpc) is 1.98. The van der Waals surface area contributed by atoms with Crippen LogP contribution in [-0.2, 0) is 4.74 Å². The Morgan fingerprint density at radius 1 is 1.64 bits per heavy atom. The first-order valence-electron chi connectivity index (χ1n) is 4.43. The zero-order valence-electron chi connectivity index (χ0n) is 7.84. The van der Waals surface area contributed by atoms with E-state index in [1.807, 2.05) is 0 Å². The number of methoxy groups -OCH3 is 1. The average molecular weight is 153 g/mol. The van der Waals surface area contributed by atoms with Crippen molar-refractivity contribution in [1.82, 2.24) is 4.81 Å². The lowest BCUT2D eigenvalue weighted by Gasteiger charge is -2.35. The summed E-state index contributed by atoms with van der Waals surface area (Å²) >= 11 is 0. The van der Waals surface area contributed by atoms with Crippen molar-refractivity contribution >= 4 is 15.8 Å². The van der Waals surface area contributed by atoms with E-state index >= 15 is 0 Å². The monoisotopic (exact) mass is 153 g/mol. The van der Waals surface area contributed by atoms with Gasteiger partial charge in [0.15, 0.2) is 7.98 Å². The molecule has 2 atom stereocenters. The summed E-state index contributed by atoms with van der Waals surface area (Å²) in [6, 6.07) is 0.656. The van der Waals surface area contributed by atoms with Gasteiger partial charge in [0.2, 0.25) is 0 Å². The summed E-state index contributed by atoms with van der Waals surface area (Å²) in [7, 11) is 6.30. The minimum Gasteiger partial charge on any atom is -0.383 e. The predicted molar refractivity (Wildman–Crippen MR) is 52.4 cm³/mol. The van der Waals surface area contributed by atoms with Crippen LogP contribution in [0.1, 0.15) is 12.8 Å². The van der Waals surface area contributed by atoms with Crippen LogP contribution in [0, 0.1) is 0 Å². The molecule has 0 amide bonds. The highest BCUT2D eigenvalue weighted by molar-refractivity contribution is 6.12. The molecule has 1 aliphatic rings. The van der Waals surface area contributed by atoms with Crippen molar-refractivity contribution in [2.24, 2.45) is 0 Å². The molecule has 1 rings (SSSR count). The van der Waals surface area contributed by atoms with Crippen LogP contribution in [0.4, 0.5) is 0 Å². The molecule has 0 N–H and O–H groups in total. The van der Waals surface area contributed by atoms with Gasteiger partial charge in [0, 0.05) is 13.2 Å². The lowest BCUT2D eigenvalue weighted by molar-refractivity contribution is 0.114. The highest BCUT2D eigenvalue weighted by Gasteiger charge is 2.22. The van der Waals surface area contributed by atoms with Crippen molar-refractivity contribution in [1.29, 1.82) is 0 Å². The van der Waals surface area contributed by atoms with Gasteiger partial charge in [0.1, 0.15) is 7.85 Å². The van der Waals surface area contributed by atoms with Gasteiger partial charge >= 0.3 is 0 Å². The third-order valence-corrected chi connectivity index (χ3v) is 2.63. The first-order chi connectivity index (χ1) is 5.24. The van der Waals surface area contributed by atoms with Gasteiger partial charge in [-0.15, -0.1) is 0 Å². The molecule has 2 nitrogen and oxygen atoms in total. The first kappa shape index (κ1) is 9.14. The van der Waals surface area contributed by atoms with Crippen LogP contribution < -0.4 is 0 Å². The van der Waals surface area contributed by atoms with E-state index in [0.29, 0.717) is 6.04 Å². The second-order valence-electron chi connectivity index (χ2n) is 3.72. The molecule has 0 aromatic rings. The number of hydrogen-bond acceptors (Lipinski definition) is 2. The van der Waals surface area contributed by atoms with Crippen molar-refractivity contribution in [3.05, 3.63) is 0 Å². The Balaban J connectivity index is 2.34. The fourth-order valence-corrected chi connectivity index (χ4v) is 1.76. The van der Waals surface area contributed by atoms with Crippen LogP contribution >= 0.6 is 0 Å². The van der Waals surface area contributed by atoms with E-state index in [2.05, 4.69) is 20.6 Å². The maximum atomic E-state index is 5.16. The van der Waals surface area contributed by atoms with E-state index in [1.54, 1.807) is 7.11 Å². The van der Waals surface area contributed by atoms with E-state index in [4.69, 9.17) is 4.74 Å². The molecule has 1 aliphatic heterocycles. The summed E-state index contributed by atoms with van der Waals surface area (Å²) in [6.45, 7) is 2.12. The topological polar surface area (TPSA) is 12.5 Å². The summed E-state index contributed by atoms with van der Waals surface area (Å²) in [5, 5.41) is 0. The molecule has 0 aromatic heterocycles. The molecular weight excluding hydrogens is 136 g/mol. The third-order valence-electron chi connectivity index (χ3n) is 2.63. The molecule has 4 heteroatoms. The third kappa shape index (κ3) is 2.53. The van der Waals surface area contributed by atoms with Crippen LogP contribution in [0.15, 0.2) is 0 Å². The molecule has 62 valence electrons. The van der Waals surface area contributed by atoms with Gasteiger partial charge in [-0.2, -0.15) is 0 Å². The minimum atomic E-state index is 0.656. The number of nitrogens with zero attached hydrogens (tertiary/aromatic N) is 1. The normalized spacial score (nSPS) is 33.9. The predicted octanol–water partition coefficient (Wildman–Crippen LogP) is -0.933. The maximum absolute atomic E-state index is 5.16. The van der Waals surface area contributed by atoms with Gasteiger partial charge < -0.3 is 9.55 Å². The van der Waals surface area contributed by atoms with Crippen LogP contribution in [0.25, 0.3) is 0 Å². The fourth-order valence-electron chi connectivity index (χ4n) is 1.76. The van der Waals surface area contributed by atoms with Crippen molar-refractivity contribution in [2.45, 2.75) is 24.7 Å². The van der Waals surface area contributed by atoms with Crippen molar-refractivity contribution in [3.8, 4) is 0 Å². The molecule has 0 aliphatic carbocycles. The Morgan fingerprint density at radius 3 is 3.00 bits per heavy atom. The van der Waals surface area contributed by atoms with E-state index in [0.717, 1.165) is 12.4 Å². The zero-order chi connectivity index (χ0) is 8.27. The van der Waals surface area contributed by atoms with Gasteiger partial charge in [-0.05, 0) is 19.4 Å². The first-order valence-corrected chi connectivity index (χ1v) is 4.43. The molecule has 0 saturated carbocycles. The van der Waals surface area contributed by atoms with Crippen LogP contribution in [-0.4, -0.2) is 46.9 Å². The zero-order valence-corrected chi connectivity index (χ0v) is 7.84. The highest BCUT2D eigenvalue weighted by Crippen LogP contribution is 2.22. The summed E-state index contributed by atoms with van der Waals surface area (Å²) < 4.78 is 5.16. The van der Waals surface area contributed by atoms with Gasteiger partial charge in [0.05, 0.1) is 6.61 Å². The van der Waals surface area contributed by atoms with E-state index in [-0.39, 0.29) is 0 Å². The highest BCUT2D eigenvalue weighted by atomic mass is 16.5. The minimum absolute atomic E-state index is 0.656. The van der Waals surface area contributed by atoms with Crippen LogP contribution in [0.5, 0.6) is 0 Å². The molecule has 0 radical (unpaired) electrons. The second kappa shape index (κ2) is 4.17. The summed E-state index contributed by atoms with van der Waals surface area (Å²) in [4.78, 5) is 2.41. The molecular formula is C7H17B2NO.